The lowest BCUT2D eigenvalue weighted by Crippen LogP contribution is -2.39. The Labute approximate surface area is 85.6 Å². The molecule has 1 rings (SSSR count). The zero-order valence-electron chi connectivity index (χ0n) is 8.33. The minimum atomic E-state index is 0.508. The summed E-state index contributed by atoms with van der Waals surface area (Å²) in [4.78, 5) is 0. The number of alkyl halides is 1. The SMILES string of the molecule is C/C=C\C=C(\N)C1C(C)CC1CCl. The van der Waals surface area contributed by atoms with Crippen molar-refractivity contribution in [3.8, 4) is 0 Å². The predicted molar refractivity (Wildman–Crippen MR) is 58.6 cm³/mol. The summed E-state index contributed by atoms with van der Waals surface area (Å²) in [7, 11) is 0. The van der Waals surface area contributed by atoms with Crippen LogP contribution in [0.3, 0.4) is 0 Å². The molecule has 1 aliphatic rings. The van der Waals surface area contributed by atoms with E-state index in [9.17, 15) is 0 Å². The van der Waals surface area contributed by atoms with E-state index in [0.717, 1.165) is 11.6 Å². The maximum absolute atomic E-state index is 5.97. The molecular weight excluding hydrogens is 182 g/mol. The van der Waals surface area contributed by atoms with Crippen molar-refractivity contribution in [2.75, 3.05) is 5.88 Å². The summed E-state index contributed by atoms with van der Waals surface area (Å²) in [6.07, 6.45) is 7.20. The highest BCUT2D eigenvalue weighted by molar-refractivity contribution is 6.18. The van der Waals surface area contributed by atoms with E-state index in [0.29, 0.717) is 17.8 Å². The summed E-state index contributed by atoms with van der Waals surface area (Å²) in [6.45, 7) is 4.23. The van der Waals surface area contributed by atoms with E-state index in [2.05, 4.69) is 6.92 Å². The van der Waals surface area contributed by atoms with Gasteiger partial charge in [-0.05, 0) is 31.3 Å². The van der Waals surface area contributed by atoms with Crippen LogP contribution in [-0.4, -0.2) is 5.88 Å². The van der Waals surface area contributed by atoms with E-state index in [4.69, 9.17) is 17.3 Å². The predicted octanol–water partition coefficient (Wildman–Crippen LogP) is 2.92. The first-order valence-electron chi connectivity index (χ1n) is 4.85. The molecule has 0 amide bonds. The summed E-state index contributed by atoms with van der Waals surface area (Å²) in [6, 6.07) is 0. The van der Waals surface area contributed by atoms with Crippen LogP contribution in [0.1, 0.15) is 20.3 Å². The van der Waals surface area contributed by atoms with Crippen molar-refractivity contribution in [2.45, 2.75) is 20.3 Å². The van der Waals surface area contributed by atoms with Crippen LogP contribution in [0.4, 0.5) is 0 Å². The minimum absolute atomic E-state index is 0.508. The molecule has 74 valence electrons. The van der Waals surface area contributed by atoms with Crippen LogP contribution in [0.15, 0.2) is 23.9 Å². The molecular formula is C11H18ClN. The van der Waals surface area contributed by atoms with Gasteiger partial charge < -0.3 is 5.73 Å². The van der Waals surface area contributed by atoms with E-state index in [1.165, 1.54) is 6.42 Å². The van der Waals surface area contributed by atoms with Crippen molar-refractivity contribution in [1.82, 2.24) is 0 Å². The Balaban J connectivity index is 2.59. The lowest BCUT2D eigenvalue weighted by atomic mass is 9.65. The van der Waals surface area contributed by atoms with Gasteiger partial charge >= 0.3 is 0 Å². The fraction of sp³-hybridized carbons (Fsp3) is 0.636. The largest absolute Gasteiger partial charge is 0.402 e. The topological polar surface area (TPSA) is 26.0 Å². The molecule has 0 bridgehead atoms. The Morgan fingerprint density at radius 1 is 1.62 bits per heavy atom. The summed E-state index contributed by atoms with van der Waals surface area (Å²) in [5, 5.41) is 0. The number of hydrogen-bond acceptors (Lipinski definition) is 1. The molecule has 0 aliphatic heterocycles. The minimum Gasteiger partial charge on any atom is -0.402 e. The maximum Gasteiger partial charge on any atom is 0.0258 e. The quantitative estimate of drug-likeness (QED) is 0.549. The van der Waals surface area contributed by atoms with E-state index in [-0.39, 0.29) is 0 Å². The van der Waals surface area contributed by atoms with Crippen LogP contribution >= 0.6 is 11.6 Å². The van der Waals surface area contributed by atoms with Crippen molar-refractivity contribution in [3.63, 3.8) is 0 Å². The zero-order valence-corrected chi connectivity index (χ0v) is 9.09. The van der Waals surface area contributed by atoms with Crippen molar-refractivity contribution >= 4 is 11.6 Å². The Hall–Kier alpha value is -0.430. The molecule has 2 heteroatoms. The second kappa shape index (κ2) is 4.71. The fourth-order valence-electron chi connectivity index (χ4n) is 2.12. The average Bonchev–Trinajstić information content (AvgIpc) is 2.10. The number of rotatable bonds is 3. The first-order valence-corrected chi connectivity index (χ1v) is 5.38. The van der Waals surface area contributed by atoms with Crippen molar-refractivity contribution in [1.29, 1.82) is 0 Å². The van der Waals surface area contributed by atoms with Gasteiger partial charge in [-0.2, -0.15) is 0 Å². The second-order valence-electron chi connectivity index (χ2n) is 3.85. The highest BCUT2D eigenvalue weighted by Crippen LogP contribution is 2.43. The number of nitrogens with two attached hydrogens (primary N) is 1. The van der Waals surface area contributed by atoms with Crippen LogP contribution in [0, 0.1) is 17.8 Å². The van der Waals surface area contributed by atoms with Gasteiger partial charge in [-0.25, -0.2) is 0 Å². The summed E-state index contributed by atoms with van der Waals surface area (Å²) in [5.41, 5.74) is 6.96. The Bertz CT molecular complexity index is 220. The molecule has 1 fully saturated rings. The third-order valence-electron chi connectivity index (χ3n) is 2.86. The van der Waals surface area contributed by atoms with Crippen molar-refractivity contribution in [3.05, 3.63) is 23.9 Å². The first-order chi connectivity index (χ1) is 6.20. The molecule has 2 N–H and O–H groups in total. The van der Waals surface area contributed by atoms with Gasteiger partial charge in [0.1, 0.15) is 0 Å². The van der Waals surface area contributed by atoms with Crippen LogP contribution < -0.4 is 5.73 Å². The molecule has 0 spiro atoms. The lowest BCUT2D eigenvalue weighted by molar-refractivity contribution is 0.138. The van der Waals surface area contributed by atoms with Gasteiger partial charge in [0, 0.05) is 17.5 Å². The Kier molecular flexibility index (Phi) is 3.86. The molecule has 13 heavy (non-hydrogen) atoms. The van der Waals surface area contributed by atoms with Crippen LogP contribution in [-0.2, 0) is 0 Å². The maximum atomic E-state index is 5.97. The monoisotopic (exact) mass is 199 g/mol. The molecule has 0 saturated heterocycles. The Morgan fingerprint density at radius 3 is 2.77 bits per heavy atom. The smallest absolute Gasteiger partial charge is 0.0258 e. The number of halogens is 1. The third-order valence-corrected chi connectivity index (χ3v) is 3.26. The van der Waals surface area contributed by atoms with E-state index in [1.54, 1.807) is 0 Å². The summed E-state index contributed by atoms with van der Waals surface area (Å²) < 4.78 is 0. The average molecular weight is 200 g/mol. The highest BCUT2D eigenvalue weighted by atomic mass is 35.5. The zero-order chi connectivity index (χ0) is 9.84. The van der Waals surface area contributed by atoms with Gasteiger partial charge in [0.25, 0.3) is 0 Å². The number of hydrogen-bond donors (Lipinski definition) is 1. The van der Waals surface area contributed by atoms with Gasteiger partial charge in [-0.1, -0.05) is 19.1 Å². The van der Waals surface area contributed by atoms with E-state index in [1.807, 2.05) is 25.2 Å². The first kappa shape index (κ1) is 10.6. The van der Waals surface area contributed by atoms with E-state index >= 15 is 0 Å². The van der Waals surface area contributed by atoms with Crippen LogP contribution in [0.5, 0.6) is 0 Å². The standard InChI is InChI=1S/C11H18ClN/c1-3-4-5-10(13)11-8(2)6-9(11)7-12/h3-5,8-9,11H,6-7,13H2,1-2H3/b4-3-,10-5+. The normalized spacial score (nSPS) is 35.0. The van der Waals surface area contributed by atoms with Crippen molar-refractivity contribution in [2.24, 2.45) is 23.5 Å². The fourth-order valence-corrected chi connectivity index (χ4v) is 2.44. The molecule has 0 radical (unpaired) electrons. The number of allylic oxidation sites excluding steroid dienone is 4. The van der Waals surface area contributed by atoms with Crippen molar-refractivity contribution < 1.29 is 0 Å². The van der Waals surface area contributed by atoms with E-state index < -0.39 is 0 Å². The Morgan fingerprint density at radius 2 is 2.31 bits per heavy atom. The molecule has 1 aliphatic carbocycles. The molecule has 0 aromatic heterocycles. The molecule has 0 aromatic carbocycles. The molecule has 3 atom stereocenters. The van der Waals surface area contributed by atoms with Crippen LogP contribution in [0.25, 0.3) is 0 Å². The van der Waals surface area contributed by atoms with Gasteiger partial charge in [-0.3, -0.25) is 0 Å². The molecule has 1 saturated carbocycles. The van der Waals surface area contributed by atoms with Gasteiger partial charge in [-0.15, -0.1) is 11.6 Å². The van der Waals surface area contributed by atoms with Crippen LogP contribution in [0.2, 0.25) is 0 Å². The molecule has 0 heterocycles. The molecule has 0 aromatic rings. The highest BCUT2D eigenvalue weighted by Gasteiger charge is 2.38. The van der Waals surface area contributed by atoms with Gasteiger partial charge in [0.2, 0.25) is 0 Å². The third kappa shape index (κ3) is 2.28. The van der Waals surface area contributed by atoms with Gasteiger partial charge in [0.15, 0.2) is 0 Å². The summed E-state index contributed by atoms with van der Waals surface area (Å²) >= 11 is 5.84. The molecule has 1 nitrogen and oxygen atoms in total. The second-order valence-corrected chi connectivity index (χ2v) is 4.15. The summed E-state index contributed by atoms with van der Waals surface area (Å²) in [5.74, 6) is 2.54. The van der Waals surface area contributed by atoms with Gasteiger partial charge in [0.05, 0.1) is 0 Å². The lowest BCUT2D eigenvalue weighted by Gasteiger charge is -2.42. The molecule has 3 unspecified atom stereocenters.